The predicted molar refractivity (Wildman–Crippen MR) is 114 cm³/mol. The number of fused-ring (bicyclic) bond motifs is 1. The molecular formula is C21H28ClN5O3. The summed E-state index contributed by atoms with van der Waals surface area (Å²) in [7, 11) is 0. The third-order valence-electron chi connectivity index (χ3n) is 6.38. The quantitative estimate of drug-likeness (QED) is 0.752. The second kappa shape index (κ2) is 8.43. The first-order valence-corrected chi connectivity index (χ1v) is 10.9. The number of nitrogens with zero attached hydrogens (tertiary/aromatic N) is 3. The fourth-order valence-corrected chi connectivity index (χ4v) is 4.61. The molecule has 3 heterocycles. The van der Waals surface area contributed by atoms with Crippen LogP contribution in [0.4, 0.5) is 5.69 Å². The Bertz CT molecular complexity index is 855. The van der Waals surface area contributed by atoms with Crippen LogP contribution in [0.1, 0.15) is 36.5 Å². The molecule has 8 nitrogen and oxygen atoms in total. The third kappa shape index (κ3) is 4.25. The Hall–Kier alpha value is -2.32. The molecule has 4 rings (SSSR count). The monoisotopic (exact) mass is 433 g/mol. The average molecular weight is 434 g/mol. The van der Waals surface area contributed by atoms with Crippen molar-refractivity contribution in [2.45, 2.75) is 31.8 Å². The van der Waals surface area contributed by atoms with Crippen molar-refractivity contribution < 1.29 is 14.4 Å². The van der Waals surface area contributed by atoms with Crippen LogP contribution in [-0.2, 0) is 9.59 Å². The molecule has 0 radical (unpaired) electrons. The Balaban J connectivity index is 1.40. The SMILES string of the molecule is CCN1CCN(C(=O)CN2CCC3(CCC2=O)NC(=O)c2cc(Cl)ccc2N3)CC1. The van der Waals surface area contributed by atoms with Gasteiger partial charge in [0.2, 0.25) is 11.8 Å². The Morgan fingerprint density at radius 2 is 1.87 bits per heavy atom. The number of likely N-dealkylation sites (N-methyl/N-ethyl adjacent to an activating group) is 1. The molecule has 9 heteroatoms. The van der Waals surface area contributed by atoms with E-state index in [0.29, 0.717) is 48.7 Å². The number of amides is 3. The number of halogens is 1. The highest BCUT2D eigenvalue weighted by Gasteiger charge is 2.41. The highest BCUT2D eigenvalue weighted by atomic mass is 35.5. The smallest absolute Gasteiger partial charge is 0.255 e. The molecule has 2 saturated heterocycles. The minimum absolute atomic E-state index is 0.00400. The summed E-state index contributed by atoms with van der Waals surface area (Å²) in [5.74, 6) is -0.252. The molecule has 1 atom stereocenters. The maximum Gasteiger partial charge on any atom is 0.255 e. The fraction of sp³-hybridized carbons (Fsp3) is 0.571. The van der Waals surface area contributed by atoms with Crippen molar-refractivity contribution in [1.29, 1.82) is 0 Å². The average Bonchev–Trinajstić information content (AvgIpc) is 2.89. The number of benzene rings is 1. The Kier molecular flexibility index (Phi) is 5.88. The summed E-state index contributed by atoms with van der Waals surface area (Å²) < 4.78 is 0. The molecule has 2 fully saturated rings. The van der Waals surface area contributed by atoms with Crippen LogP contribution in [0, 0.1) is 0 Å². The van der Waals surface area contributed by atoms with Crippen molar-refractivity contribution in [3.05, 3.63) is 28.8 Å². The van der Waals surface area contributed by atoms with Crippen LogP contribution in [0.25, 0.3) is 0 Å². The number of anilines is 1. The van der Waals surface area contributed by atoms with E-state index in [1.54, 1.807) is 23.1 Å². The largest absolute Gasteiger partial charge is 0.362 e. The molecular weight excluding hydrogens is 406 g/mol. The van der Waals surface area contributed by atoms with Crippen LogP contribution in [0.3, 0.4) is 0 Å². The Morgan fingerprint density at radius 3 is 2.60 bits per heavy atom. The van der Waals surface area contributed by atoms with Crippen LogP contribution in [0.2, 0.25) is 5.02 Å². The lowest BCUT2D eigenvalue weighted by Gasteiger charge is -2.40. The molecule has 1 spiro atoms. The van der Waals surface area contributed by atoms with Crippen molar-refractivity contribution >= 4 is 35.0 Å². The molecule has 1 aromatic rings. The van der Waals surface area contributed by atoms with Gasteiger partial charge in [0.15, 0.2) is 0 Å². The van der Waals surface area contributed by atoms with Gasteiger partial charge >= 0.3 is 0 Å². The summed E-state index contributed by atoms with van der Waals surface area (Å²) >= 11 is 6.01. The normalized spacial score (nSPS) is 24.9. The molecule has 162 valence electrons. The Labute approximate surface area is 181 Å². The van der Waals surface area contributed by atoms with Crippen LogP contribution in [0.5, 0.6) is 0 Å². The van der Waals surface area contributed by atoms with E-state index in [1.807, 2.05) is 4.90 Å². The van der Waals surface area contributed by atoms with Gasteiger partial charge in [0.05, 0.1) is 12.1 Å². The number of carbonyl (C=O) groups is 3. The topological polar surface area (TPSA) is 85.0 Å². The van der Waals surface area contributed by atoms with Crippen molar-refractivity contribution in [2.75, 3.05) is 51.1 Å². The molecule has 0 aliphatic carbocycles. The standard InChI is InChI=1S/C21H28ClN5O3/c1-2-25-9-11-26(12-10-25)19(29)14-27-8-7-21(6-5-18(27)28)23-17-4-3-15(22)13-16(17)20(30)24-21/h3-4,13,23H,2,5-12,14H2,1H3,(H,24,30). The number of hydrogen-bond acceptors (Lipinski definition) is 5. The number of likely N-dealkylation sites (tertiary alicyclic amines) is 1. The first-order chi connectivity index (χ1) is 14.4. The lowest BCUT2D eigenvalue weighted by Crippen LogP contribution is -2.58. The molecule has 3 amide bonds. The lowest BCUT2D eigenvalue weighted by molar-refractivity contribution is -0.141. The number of piperazine rings is 1. The van der Waals surface area contributed by atoms with Gasteiger partial charge in [0, 0.05) is 56.3 Å². The van der Waals surface area contributed by atoms with Crippen LogP contribution in [0.15, 0.2) is 18.2 Å². The van der Waals surface area contributed by atoms with Crippen molar-refractivity contribution in [2.24, 2.45) is 0 Å². The summed E-state index contributed by atoms with van der Waals surface area (Å²) in [6.45, 7) is 6.77. The van der Waals surface area contributed by atoms with Crippen molar-refractivity contribution in [1.82, 2.24) is 20.0 Å². The number of nitrogens with one attached hydrogen (secondary N) is 2. The van der Waals surface area contributed by atoms with E-state index >= 15 is 0 Å². The van der Waals surface area contributed by atoms with Gasteiger partial charge in [-0.1, -0.05) is 18.5 Å². The maximum absolute atomic E-state index is 12.8. The van der Waals surface area contributed by atoms with Gasteiger partial charge in [-0.2, -0.15) is 0 Å². The van der Waals surface area contributed by atoms with Gasteiger partial charge in [0.1, 0.15) is 5.66 Å². The zero-order valence-electron chi connectivity index (χ0n) is 17.2. The first-order valence-electron chi connectivity index (χ1n) is 10.6. The second-order valence-electron chi connectivity index (χ2n) is 8.23. The summed E-state index contributed by atoms with van der Waals surface area (Å²) in [4.78, 5) is 43.9. The van der Waals surface area contributed by atoms with Crippen LogP contribution in [-0.4, -0.2) is 83.9 Å². The molecule has 2 N–H and O–H groups in total. The van der Waals surface area contributed by atoms with E-state index in [9.17, 15) is 14.4 Å². The number of hydrogen-bond donors (Lipinski definition) is 2. The molecule has 1 aromatic carbocycles. The van der Waals surface area contributed by atoms with Gasteiger partial charge in [-0.3, -0.25) is 14.4 Å². The van der Waals surface area contributed by atoms with Crippen LogP contribution < -0.4 is 10.6 Å². The van der Waals surface area contributed by atoms with Gasteiger partial charge in [-0.05, 0) is 31.2 Å². The maximum atomic E-state index is 12.8. The lowest BCUT2D eigenvalue weighted by atomic mass is 9.95. The zero-order chi connectivity index (χ0) is 21.3. The molecule has 30 heavy (non-hydrogen) atoms. The van der Waals surface area contributed by atoms with E-state index < -0.39 is 5.66 Å². The fourth-order valence-electron chi connectivity index (χ4n) is 4.43. The molecule has 1 unspecified atom stereocenters. The van der Waals surface area contributed by atoms with E-state index in [-0.39, 0.29) is 30.7 Å². The molecule has 0 saturated carbocycles. The van der Waals surface area contributed by atoms with Crippen LogP contribution >= 0.6 is 11.6 Å². The van der Waals surface area contributed by atoms with Gasteiger partial charge in [-0.25, -0.2) is 0 Å². The highest BCUT2D eigenvalue weighted by molar-refractivity contribution is 6.31. The summed E-state index contributed by atoms with van der Waals surface area (Å²) in [6, 6.07) is 5.17. The minimum atomic E-state index is -0.696. The van der Waals surface area contributed by atoms with Crippen molar-refractivity contribution in [3.8, 4) is 0 Å². The third-order valence-corrected chi connectivity index (χ3v) is 6.61. The molecule has 3 aliphatic rings. The summed E-state index contributed by atoms with van der Waals surface area (Å²) in [5.41, 5.74) is 0.522. The van der Waals surface area contributed by atoms with Crippen molar-refractivity contribution in [3.63, 3.8) is 0 Å². The number of carbonyl (C=O) groups excluding carboxylic acids is 3. The van der Waals surface area contributed by atoms with Gasteiger partial charge in [0.25, 0.3) is 5.91 Å². The summed E-state index contributed by atoms with van der Waals surface area (Å²) in [6.07, 6.45) is 1.27. The minimum Gasteiger partial charge on any atom is -0.362 e. The first kappa shape index (κ1) is 20.9. The van der Waals surface area contributed by atoms with E-state index in [1.165, 1.54) is 0 Å². The molecule has 3 aliphatic heterocycles. The van der Waals surface area contributed by atoms with Gasteiger partial charge < -0.3 is 25.3 Å². The Morgan fingerprint density at radius 1 is 1.10 bits per heavy atom. The van der Waals surface area contributed by atoms with Gasteiger partial charge in [-0.15, -0.1) is 0 Å². The van der Waals surface area contributed by atoms with E-state index in [0.717, 1.165) is 19.6 Å². The van der Waals surface area contributed by atoms with E-state index in [2.05, 4.69) is 22.5 Å². The highest BCUT2D eigenvalue weighted by Crippen LogP contribution is 2.33. The second-order valence-corrected chi connectivity index (χ2v) is 8.67. The van der Waals surface area contributed by atoms with E-state index in [4.69, 9.17) is 11.6 Å². The predicted octanol–water partition coefficient (Wildman–Crippen LogP) is 1.37. The number of rotatable bonds is 3. The zero-order valence-corrected chi connectivity index (χ0v) is 18.0. The molecule has 0 bridgehead atoms. The summed E-state index contributed by atoms with van der Waals surface area (Å²) in [5, 5.41) is 6.95. The molecule has 0 aromatic heterocycles.